The molecule has 0 saturated carbocycles. The molecule has 0 atom stereocenters. The first kappa shape index (κ1) is 23.0. The van der Waals surface area contributed by atoms with Gasteiger partial charge in [-0.3, -0.25) is 9.79 Å². The highest BCUT2D eigenvalue weighted by Crippen LogP contribution is 2.24. The zero-order valence-corrected chi connectivity index (χ0v) is 18.2. The lowest BCUT2D eigenvalue weighted by Crippen LogP contribution is -2.39. The lowest BCUT2D eigenvalue weighted by Gasteiger charge is -2.31. The van der Waals surface area contributed by atoms with Crippen molar-refractivity contribution >= 4 is 23.1 Å². The van der Waals surface area contributed by atoms with Crippen molar-refractivity contribution in [2.75, 3.05) is 18.0 Å². The van der Waals surface area contributed by atoms with Crippen LogP contribution in [0, 0.1) is 17.6 Å². The number of piperidine rings is 1. The van der Waals surface area contributed by atoms with Gasteiger partial charge in [-0.1, -0.05) is 23.4 Å². The molecule has 2 aromatic heterocycles. The number of hydrogen-bond acceptors (Lipinski definition) is 8. The smallest absolute Gasteiger partial charge is 0.220 e. The fraction of sp³-hybridized carbons (Fsp3) is 0.261. The van der Waals surface area contributed by atoms with E-state index in [0.29, 0.717) is 42.9 Å². The number of anilines is 1. The van der Waals surface area contributed by atoms with Crippen LogP contribution in [-0.4, -0.2) is 39.8 Å². The van der Waals surface area contributed by atoms with Crippen molar-refractivity contribution in [3.05, 3.63) is 77.6 Å². The first-order chi connectivity index (χ1) is 16.4. The van der Waals surface area contributed by atoms with Crippen LogP contribution in [0.3, 0.4) is 0 Å². The van der Waals surface area contributed by atoms with E-state index in [2.05, 4.69) is 20.1 Å². The maximum atomic E-state index is 14.5. The Kier molecular flexibility index (Phi) is 6.90. The summed E-state index contributed by atoms with van der Waals surface area (Å²) in [5, 5.41) is 3.88. The van der Waals surface area contributed by atoms with Crippen molar-refractivity contribution in [3.63, 3.8) is 0 Å². The molecule has 1 saturated heterocycles. The van der Waals surface area contributed by atoms with Crippen LogP contribution < -0.4 is 16.4 Å². The van der Waals surface area contributed by atoms with Gasteiger partial charge >= 0.3 is 0 Å². The van der Waals surface area contributed by atoms with E-state index in [-0.39, 0.29) is 41.5 Å². The normalized spacial score (nSPS) is 15.5. The molecular formula is C23H23F2N7O2. The van der Waals surface area contributed by atoms with Crippen LogP contribution in [0.5, 0.6) is 0 Å². The minimum absolute atomic E-state index is 0.0446. The average Bonchev–Trinajstić information content (AvgIpc) is 3.38. The number of aliphatic imine (C=N–C) groups is 1. The fourth-order valence-corrected chi connectivity index (χ4v) is 3.65. The Labute approximate surface area is 194 Å². The van der Waals surface area contributed by atoms with Gasteiger partial charge in [0.15, 0.2) is 17.5 Å². The summed E-state index contributed by atoms with van der Waals surface area (Å²) in [6.07, 6.45) is 4.93. The second-order valence-corrected chi connectivity index (χ2v) is 7.81. The van der Waals surface area contributed by atoms with Gasteiger partial charge in [0, 0.05) is 30.6 Å². The third-order valence-electron chi connectivity index (χ3n) is 5.55. The maximum Gasteiger partial charge on any atom is 0.220 e. The van der Waals surface area contributed by atoms with E-state index < -0.39 is 5.82 Å². The molecule has 11 heteroatoms. The number of carbonyl (C=O) groups is 1. The fourth-order valence-electron chi connectivity index (χ4n) is 3.65. The number of halogens is 2. The summed E-state index contributed by atoms with van der Waals surface area (Å²) in [6, 6.07) is 7.88. The van der Waals surface area contributed by atoms with Crippen molar-refractivity contribution in [1.29, 1.82) is 0 Å². The van der Waals surface area contributed by atoms with Gasteiger partial charge < -0.3 is 20.9 Å². The average molecular weight is 467 g/mol. The van der Waals surface area contributed by atoms with Crippen LogP contribution in [0.25, 0.3) is 5.70 Å². The molecule has 9 nitrogen and oxygen atoms in total. The summed E-state index contributed by atoms with van der Waals surface area (Å²) >= 11 is 0. The van der Waals surface area contributed by atoms with E-state index in [4.69, 9.17) is 16.0 Å². The number of amides is 1. The van der Waals surface area contributed by atoms with Crippen LogP contribution in [-0.2, 0) is 11.3 Å². The molecule has 34 heavy (non-hydrogen) atoms. The summed E-state index contributed by atoms with van der Waals surface area (Å²) in [5.74, 6) is -1.38. The maximum absolute atomic E-state index is 14.5. The van der Waals surface area contributed by atoms with E-state index in [1.807, 2.05) is 0 Å². The number of primary amides is 1. The number of rotatable bonds is 7. The molecule has 0 unspecified atom stereocenters. The Morgan fingerprint density at radius 2 is 1.94 bits per heavy atom. The third-order valence-corrected chi connectivity index (χ3v) is 5.55. The van der Waals surface area contributed by atoms with Gasteiger partial charge in [-0.15, -0.1) is 0 Å². The number of aromatic nitrogens is 3. The molecule has 1 aliphatic rings. The lowest BCUT2D eigenvalue weighted by molar-refractivity contribution is -0.122. The van der Waals surface area contributed by atoms with E-state index in [1.54, 1.807) is 29.2 Å². The second-order valence-electron chi connectivity index (χ2n) is 7.81. The van der Waals surface area contributed by atoms with Crippen LogP contribution in [0.4, 0.5) is 14.6 Å². The number of carbonyl (C=O) groups excluding carboxylic acids is 1. The van der Waals surface area contributed by atoms with Gasteiger partial charge in [-0.05, 0) is 25.0 Å². The Balaban J connectivity index is 1.60. The van der Waals surface area contributed by atoms with Crippen LogP contribution in [0.2, 0.25) is 0 Å². The van der Waals surface area contributed by atoms with Crippen LogP contribution in [0.15, 0.2) is 58.4 Å². The second kappa shape index (κ2) is 10.2. The summed E-state index contributed by atoms with van der Waals surface area (Å²) < 4.78 is 33.4. The molecule has 0 bridgehead atoms. The number of allylic oxidation sites excluding steroid dienone is 1. The molecule has 3 aromatic rings. The topological polar surface area (TPSA) is 137 Å². The van der Waals surface area contributed by atoms with Crippen molar-refractivity contribution in [1.82, 2.24) is 15.1 Å². The number of benzene rings is 1. The largest absolute Gasteiger partial charge is 0.396 e. The van der Waals surface area contributed by atoms with E-state index in [0.717, 1.165) is 6.20 Å². The molecule has 176 valence electrons. The molecule has 0 aliphatic carbocycles. The molecule has 1 fully saturated rings. The Morgan fingerprint density at radius 1 is 1.18 bits per heavy atom. The molecule has 0 radical (unpaired) electrons. The quantitative estimate of drug-likeness (QED) is 0.509. The zero-order chi connectivity index (χ0) is 24.1. The summed E-state index contributed by atoms with van der Waals surface area (Å²) in [5.41, 5.74) is 12.8. The van der Waals surface area contributed by atoms with Crippen LogP contribution in [0.1, 0.15) is 29.9 Å². The minimum Gasteiger partial charge on any atom is -0.396 e. The summed E-state index contributed by atoms with van der Waals surface area (Å²) in [4.78, 5) is 25.9. The Morgan fingerprint density at radius 3 is 2.62 bits per heavy atom. The predicted octanol–water partition coefficient (Wildman–Crippen LogP) is 2.43. The number of nitrogens with zero attached hydrogens (tertiary/aromatic N) is 5. The van der Waals surface area contributed by atoms with Gasteiger partial charge in [0.1, 0.15) is 17.8 Å². The molecule has 1 aliphatic heterocycles. The first-order valence-electron chi connectivity index (χ1n) is 10.7. The third kappa shape index (κ3) is 5.25. The van der Waals surface area contributed by atoms with Gasteiger partial charge in [-0.25, -0.2) is 18.7 Å². The molecule has 4 N–H and O–H groups in total. The highest BCUT2D eigenvalue weighted by molar-refractivity contribution is 6.10. The van der Waals surface area contributed by atoms with Gasteiger partial charge in [0.25, 0.3) is 0 Å². The molecule has 1 aromatic carbocycles. The molecule has 4 rings (SSSR count). The van der Waals surface area contributed by atoms with Crippen molar-refractivity contribution in [3.8, 4) is 0 Å². The first-order valence-corrected chi connectivity index (χ1v) is 10.7. The standard InChI is InChI=1S/C23H23F2N7O2/c24-16-4-2-1-3-15(16)12-28-20(19-7-10-34-31-19)11-18(26)22-29-13-17(25)23(30-22)32-8-5-14(6-9-32)21(27)33/h1-4,7,10-11,13-14H,5-6,8-9,12,26H2,(H2,27,33). The van der Waals surface area contributed by atoms with E-state index >= 15 is 0 Å². The van der Waals surface area contributed by atoms with E-state index in [1.165, 1.54) is 18.4 Å². The lowest BCUT2D eigenvalue weighted by atomic mass is 9.96. The number of nitrogens with two attached hydrogens (primary N) is 2. The van der Waals surface area contributed by atoms with Gasteiger partial charge in [-0.2, -0.15) is 0 Å². The highest BCUT2D eigenvalue weighted by atomic mass is 19.1. The highest BCUT2D eigenvalue weighted by Gasteiger charge is 2.26. The Bertz CT molecular complexity index is 1220. The van der Waals surface area contributed by atoms with Crippen molar-refractivity contribution < 1.29 is 18.1 Å². The summed E-state index contributed by atoms with van der Waals surface area (Å²) in [7, 11) is 0. The SMILES string of the molecule is NC(=O)C1CCN(c2nc(C(N)=CC(=NCc3ccccc3F)c3ccon3)ncc2F)CC1. The van der Waals surface area contributed by atoms with Gasteiger partial charge in [0.05, 0.1) is 24.2 Å². The van der Waals surface area contributed by atoms with E-state index in [9.17, 15) is 13.6 Å². The van der Waals surface area contributed by atoms with Crippen molar-refractivity contribution in [2.24, 2.45) is 22.4 Å². The molecule has 3 heterocycles. The molecular weight excluding hydrogens is 444 g/mol. The number of hydrogen-bond donors (Lipinski definition) is 2. The summed E-state index contributed by atoms with van der Waals surface area (Å²) in [6.45, 7) is 0.904. The molecule has 0 spiro atoms. The Hall–Kier alpha value is -4.15. The molecule has 1 amide bonds. The zero-order valence-electron chi connectivity index (χ0n) is 18.2. The predicted molar refractivity (Wildman–Crippen MR) is 121 cm³/mol. The van der Waals surface area contributed by atoms with Crippen LogP contribution >= 0.6 is 0 Å². The van der Waals surface area contributed by atoms with Crippen molar-refractivity contribution in [2.45, 2.75) is 19.4 Å². The minimum atomic E-state index is -0.598. The monoisotopic (exact) mass is 467 g/mol. The van der Waals surface area contributed by atoms with Gasteiger partial charge in [0.2, 0.25) is 5.91 Å².